The molecular weight excluding hydrogens is 266 g/mol. The third-order valence-electron chi connectivity index (χ3n) is 3.29. The lowest BCUT2D eigenvalue weighted by Crippen LogP contribution is -2.20. The van der Waals surface area contributed by atoms with Crippen molar-refractivity contribution in [2.75, 3.05) is 6.54 Å². The zero-order valence-corrected chi connectivity index (χ0v) is 12.2. The summed E-state index contributed by atoms with van der Waals surface area (Å²) in [6.07, 6.45) is 1.86. The summed E-state index contributed by atoms with van der Waals surface area (Å²) in [5, 5.41) is 7.85. The van der Waals surface area contributed by atoms with Crippen LogP contribution in [0.4, 0.5) is 0 Å². The molecule has 0 aliphatic carbocycles. The van der Waals surface area contributed by atoms with Crippen molar-refractivity contribution in [1.82, 2.24) is 15.3 Å². The molecule has 0 aliphatic heterocycles. The second-order valence-corrected chi connectivity index (χ2v) is 5.82. The van der Waals surface area contributed by atoms with Gasteiger partial charge in [0.15, 0.2) is 0 Å². The van der Waals surface area contributed by atoms with E-state index in [-0.39, 0.29) is 0 Å². The summed E-state index contributed by atoms with van der Waals surface area (Å²) in [5.74, 6) is 0.440. The second-order valence-electron chi connectivity index (χ2n) is 4.90. The maximum atomic E-state index is 4.66. The van der Waals surface area contributed by atoms with Crippen molar-refractivity contribution >= 4 is 22.2 Å². The minimum absolute atomic E-state index is 0.440. The molecule has 20 heavy (non-hydrogen) atoms. The van der Waals surface area contributed by atoms with Gasteiger partial charge in [0.25, 0.3) is 0 Å². The molecule has 3 nitrogen and oxygen atoms in total. The molecule has 0 bridgehead atoms. The van der Waals surface area contributed by atoms with Crippen LogP contribution in [0.15, 0.2) is 48.0 Å². The Balaban J connectivity index is 1.59. The normalized spacial score (nSPS) is 12.7. The molecule has 0 saturated heterocycles. The summed E-state index contributed by atoms with van der Waals surface area (Å²) in [6.45, 7) is 3.90. The number of pyridine rings is 1. The van der Waals surface area contributed by atoms with Crippen molar-refractivity contribution in [3.8, 4) is 0 Å². The number of aromatic nitrogens is 2. The van der Waals surface area contributed by atoms with Crippen LogP contribution >= 0.6 is 11.3 Å². The van der Waals surface area contributed by atoms with Crippen molar-refractivity contribution in [3.05, 3.63) is 58.7 Å². The van der Waals surface area contributed by atoms with Crippen LogP contribution in [0.1, 0.15) is 23.5 Å². The van der Waals surface area contributed by atoms with E-state index in [0.29, 0.717) is 5.92 Å². The predicted octanol–water partition coefficient (Wildman–Crippen LogP) is 3.58. The molecule has 1 unspecified atom stereocenters. The average Bonchev–Trinajstić information content (AvgIpc) is 3.01. The van der Waals surface area contributed by atoms with Gasteiger partial charge in [-0.3, -0.25) is 4.98 Å². The Morgan fingerprint density at radius 2 is 2.10 bits per heavy atom. The van der Waals surface area contributed by atoms with E-state index in [1.807, 2.05) is 23.7 Å². The van der Waals surface area contributed by atoms with E-state index in [2.05, 4.69) is 46.5 Å². The summed E-state index contributed by atoms with van der Waals surface area (Å²) >= 11 is 1.71. The number of benzene rings is 1. The number of thiazole rings is 1. The standard InChI is InChI=1S/C16H17N3S/c1-12(16-18-8-9-20-16)10-17-11-14-7-6-13-4-2-3-5-15(13)19-14/h2-9,12,17H,10-11H2,1H3. The molecule has 1 atom stereocenters. The van der Waals surface area contributed by atoms with Crippen LogP contribution in [0, 0.1) is 0 Å². The second kappa shape index (κ2) is 6.11. The molecule has 1 N–H and O–H groups in total. The molecule has 0 aliphatic rings. The van der Waals surface area contributed by atoms with Gasteiger partial charge in [0.05, 0.1) is 16.2 Å². The van der Waals surface area contributed by atoms with Gasteiger partial charge < -0.3 is 5.32 Å². The Morgan fingerprint density at radius 1 is 1.20 bits per heavy atom. The minimum Gasteiger partial charge on any atom is -0.310 e. The number of para-hydroxylation sites is 1. The first kappa shape index (κ1) is 13.2. The topological polar surface area (TPSA) is 37.8 Å². The number of nitrogens with one attached hydrogen (secondary N) is 1. The van der Waals surface area contributed by atoms with E-state index < -0.39 is 0 Å². The molecule has 2 aromatic heterocycles. The molecule has 0 saturated carbocycles. The van der Waals surface area contributed by atoms with Crippen LogP contribution in [0.25, 0.3) is 10.9 Å². The van der Waals surface area contributed by atoms with E-state index >= 15 is 0 Å². The monoisotopic (exact) mass is 283 g/mol. The van der Waals surface area contributed by atoms with Crippen molar-refractivity contribution in [2.24, 2.45) is 0 Å². The Morgan fingerprint density at radius 3 is 2.95 bits per heavy atom. The molecule has 1 aromatic carbocycles. The maximum absolute atomic E-state index is 4.66. The van der Waals surface area contributed by atoms with Gasteiger partial charge in [0.1, 0.15) is 0 Å². The van der Waals surface area contributed by atoms with Crippen molar-refractivity contribution in [3.63, 3.8) is 0 Å². The molecule has 0 fully saturated rings. The van der Waals surface area contributed by atoms with E-state index in [9.17, 15) is 0 Å². The fourth-order valence-electron chi connectivity index (χ4n) is 2.19. The minimum atomic E-state index is 0.440. The molecule has 0 radical (unpaired) electrons. The number of rotatable bonds is 5. The lowest BCUT2D eigenvalue weighted by molar-refractivity contribution is 0.607. The average molecular weight is 283 g/mol. The first-order chi connectivity index (χ1) is 9.83. The van der Waals surface area contributed by atoms with Crippen molar-refractivity contribution in [2.45, 2.75) is 19.4 Å². The highest BCUT2D eigenvalue weighted by molar-refractivity contribution is 7.09. The lowest BCUT2D eigenvalue weighted by atomic mass is 10.2. The molecule has 0 spiro atoms. The number of hydrogen-bond acceptors (Lipinski definition) is 4. The summed E-state index contributed by atoms with van der Waals surface area (Å²) < 4.78 is 0. The van der Waals surface area contributed by atoms with Crippen LogP contribution in [0.3, 0.4) is 0 Å². The SMILES string of the molecule is CC(CNCc1ccc2ccccc2n1)c1nccs1. The Bertz CT molecular complexity index is 679. The quantitative estimate of drug-likeness (QED) is 0.777. The summed E-state index contributed by atoms with van der Waals surface area (Å²) in [7, 11) is 0. The Kier molecular flexibility index (Phi) is 4.04. The Labute approximate surface area is 122 Å². The van der Waals surface area contributed by atoms with Gasteiger partial charge in [0.2, 0.25) is 0 Å². The van der Waals surface area contributed by atoms with Crippen molar-refractivity contribution in [1.29, 1.82) is 0 Å². The van der Waals surface area contributed by atoms with Gasteiger partial charge in [-0.2, -0.15) is 0 Å². The number of hydrogen-bond donors (Lipinski definition) is 1. The molecule has 3 rings (SSSR count). The van der Waals surface area contributed by atoms with Crippen LogP contribution in [-0.4, -0.2) is 16.5 Å². The third-order valence-corrected chi connectivity index (χ3v) is 4.29. The van der Waals surface area contributed by atoms with Crippen LogP contribution in [0.2, 0.25) is 0 Å². The highest BCUT2D eigenvalue weighted by Gasteiger charge is 2.07. The highest BCUT2D eigenvalue weighted by Crippen LogP contribution is 2.16. The fraction of sp³-hybridized carbons (Fsp3) is 0.250. The Hall–Kier alpha value is -1.78. The molecule has 2 heterocycles. The fourth-order valence-corrected chi connectivity index (χ4v) is 2.89. The van der Waals surface area contributed by atoms with Crippen LogP contribution < -0.4 is 5.32 Å². The first-order valence-corrected chi connectivity index (χ1v) is 7.65. The van der Waals surface area contributed by atoms with Gasteiger partial charge in [-0.05, 0) is 12.1 Å². The van der Waals surface area contributed by atoms with E-state index in [0.717, 1.165) is 24.3 Å². The maximum Gasteiger partial charge on any atom is 0.0965 e. The zero-order chi connectivity index (χ0) is 13.8. The molecule has 4 heteroatoms. The van der Waals surface area contributed by atoms with Crippen LogP contribution in [-0.2, 0) is 6.54 Å². The number of fused-ring (bicyclic) bond motifs is 1. The molecule has 102 valence electrons. The van der Waals surface area contributed by atoms with Crippen molar-refractivity contribution < 1.29 is 0 Å². The van der Waals surface area contributed by atoms with E-state index in [4.69, 9.17) is 0 Å². The van der Waals surface area contributed by atoms with Gasteiger partial charge in [0, 0.05) is 36.0 Å². The smallest absolute Gasteiger partial charge is 0.0965 e. The van der Waals surface area contributed by atoms with E-state index in [1.54, 1.807) is 11.3 Å². The summed E-state index contributed by atoms with van der Waals surface area (Å²) in [5.41, 5.74) is 2.13. The summed E-state index contributed by atoms with van der Waals surface area (Å²) in [4.78, 5) is 9.00. The summed E-state index contributed by atoms with van der Waals surface area (Å²) in [6, 6.07) is 12.4. The molecule has 3 aromatic rings. The van der Waals surface area contributed by atoms with Crippen LogP contribution in [0.5, 0.6) is 0 Å². The van der Waals surface area contributed by atoms with Gasteiger partial charge in [-0.15, -0.1) is 11.3 Å². The lowest BCUT2D eigenvalue weighted by Gasteiger charge is -2.10. The largest absolute Gasteiger partial charge is 0.310 e. The number of nitrogens with zero attached hydrogens (tertiary/aromatic N) is 2. The zero-order valence-electron chi connectivity index (χ0n) is 11.4. The molecular formula is C16H17N3S. The van der Waals surface area contributed by atoms with Gasteiger partial charge >= 0.3 is 0 Å². The van der Waals surface area contributed by atoms with Gasteiger partial charge in [-0.25, -0.2) is 4.98 Å². The van der Waals surface area contributed by atoms with E-state index in [1.165, 1.54) is 10.4 Å². The highest BCUT2D eigenvalue weighted by atomic mass is 32.1. The predicted molar refractivity (Wildman–Crippen MR) is 84.0 cm³/mol. The molecule has 0 amide bonds. The first-order valence-electron chi connectivity index (χ1n) is 6.78. The van der Waals surface area contributed by atoms with Gasteiger partial charge in [-0.1, -0.05) is 31.2 Å². The third kappa shape index (κ3) is 3.03.